The van der Waals surface area contributed by atoms with Crippen LogP contribution >= 0.6 is 11.8 Å². The number of fused-ring (bicyclic) bond motifs is 1. The molecule has 1 aliphatic heterocycles. The molecule has 0 amide bonds. The Labute approximate surface area is 80.1 Å². The number of phenolic OH excluding ortho intramolecular Hbond substituents is 1. The van der Waals surface area contributed by atoms with Crippen LogP contribution in [0.1, 0.15) is 0 Å². The predicted molar refractivity (Wildman–Crippen MR) is 52.1 cm³/mol. The Morgan fingerprint density at radius 2 is 2.38 bits per heavy atom. The van der Waals surface area contributed by atoms with Crippen molar-refractivity contribution in [2.24, 2.45) is 5.73 Å². The Morgan fingerprint density at radius 1 is 1.62 bits per heavy atom. The highest BCUT2D eigenvalue weighted by Crippen LogP contribution is 2.42. The van der Waals surface area contributed by atoms with E-state index in [4.69, 9.17) is 10.5 Å². The number of thioether (sulfide) groups is 1. The van der Waals surface area contributed by atoms with Gasteiger partial charge in [0.15, 0.2) is 11.5 Å². The normalized spacial score (nSPS) is 19.4. The Kier molecular flexibility index (Phi) is 1.97. The van der Waals surface area contributed by atoms with E-state index in [0.717, 1.165) is 10.6 Å². The minimum atomic E-state index is -0.137. The van der Waals surface area contributed by atoms with Gasteiger partial charge in [0.25, 0.3) is 0 Å². The molecule has 0 fully saturated rings. The molecule has 0 bridgehead atoms. The number of anilines is 1. The molecule has 0 aliphatic carbocycles. The Balaban J connectivity index is 2.44. The van der Waals surface area contributed by atoms with Crippen molar-refractivity contribution >= 4 is 17.4 Å². The highest BCUT2D eigenvalue weighted by atomic mass is 32.2. The number of ether oxygens (including phenoxy) is 1. The van der Waals surface area contributed by atoms with Crippen LogP contribution in [0.2, 0.25) is 0 Å². The zero-order valence-electron chi connectivity index (χ0n) is 7.07. The van der Waals surface area contributed by atoms with Crippen molar-refractivity contribution in [1.82, 2.24) is 0 Å². The monoisotopic (exact) mass is 198 g/mol. The fourth-order valence-electron chi connectivity index (χ4n) is 1.24. The SMILES string of the molecule is COc1cc2c(cc1O)SC(N)N2. The summed E-state index contributed by atoms with van der Waals surface area (Å²) in [6, 6.07) is 3.39. The third kappa shape index (κ3) is 1.40. The molecule has 1 unspecified atom stereocenters. The summed E-state index contributed by atoms with van der Waals surface area (Å²) in [6.45, 7) is 0. The lowest BCUT2D eigenvalue weighted by molar-refractivity contribution is 0.373. The topological polar surface area (TPSA) is 67.5 Å². The van der Waals surface area contributed by atoms with Crippen LogP contribution in [0, 0.1) is 0 Å². The van der Waals surface area contributed by atoms with Gasteiger partial charge in [-0.15, -0.1) is 0 Å². The number of hydrogen-bond acceptors (Lipinski definition) is 5. The van der Waals surface area contributed by atoms with E-state index in [9.17, 15) is 5.11 Å². The number of phenols is 1. The summed E-state index contributed by atoms with van der Waals surface area (Å²) in [5.74, 6) is 0.602. The predicted octanol–water partition coefficient (Wildman–Crippen LogP) is 1.16. The largest absolute Gasteiger partial charge is 0.504 e. The lowest BCUT2D eigenvalue weighted by atomic mass is 10.3. The van der Waals surface area contributed by atoms with Crippen LogP contribution < -0.4 is 15.8 Å². The van der Waals surface area contributed by atoms with Crippen molar-refractivity contribution in [1.29, 1.82) is 0 Å². The van der Waals surface area contributed by atoms with E-state index in [1.54, 1.807) is 12.1 Å². The van der Waals surface area contributed by atoms with Crippen LogP contribution in [-0.4, -0.2) is 17.7 Å². The second-order valence-corrected chi connectivity index (χ2v) is 3.89. The first-order valence-corrected chi connectivity index (χ1v) is 4.68. The molecule has 1 aromatic rings. The highest BCUT2D eigenvalue weighted by molar-refractivity contribution is 8.00. The van der Waals surface area contributed by atoms with E-state index in [2.05, 4.69) is 5.32 Å². The van der Waals surface area contributed by atoms with Gasteiger partial charge in [-0.1, -0.05) is 11.8 Å². The van der Waals surface area contributed by atoms with E-state index >= 15 is 0 Å². The Hall–Kier alpha value is -1.07. The Morgan fingerprint density at radius 3 is 3.08 bits per heavy atom. The molecular weight excluding hydrogens is 188 g/mol. The minimum Gasteiger partial charge on any atom is -0.504 e. The quantitative estimate of drug-likeness (QED) is 0.591. The number of nitrogens with two attached hydrogens (primary N) is 1. The fraction of sp³-hybridized carbons (Fsp3) is 0.250. The zero-order valence-corrected chi connectivity index (χ0v) is 7.89. The average Bonchev–Trinajstić information content (AvgIpc) is 2.42. The third-order valence-corrected chi connectivity index (χ3v) is 2.80. The number of hydrogen-bond donors (Lipinski definition) is 3. The average molecular weight is 198 g/mol. The molecule has 1 heterocycles. The summed E-state index contributed by atoms with van der Waals surface area (Å²) in [6.07, 6.45) is 0. The van der Waals surface area contributed by atoms with Gasteiger partial charge in [0.2, 0.25) is 0 Å². The van der Waals surface area contributed by atoms with Gasteiger partial charge in [-0.2, -0.15) is 0 Å². The molecule has 4 nitrogen and oxygen atoms in total. The number of nitrogens with one attached hydrogen (secondary N) is 1. The first-order chi connectivity index (χ1) is 6.20. The first kappa shape index (κ1) is 8.52. The van der Waals surface area contributed by atoms with Gasteiger partial charge in [-0.05, 0) is 6.07 Å². The smallest absolute Gasteiger partial charge is 0.162 e. The van der Waals surface area contributed by atoms with E-state index in [0.29, 0.717) is 5.75 Å². The van der Waals surface area contributed by atoms with Gasteiger partial charge in [-0.3, -0.25) is 0 Å². The first-order valence-electron chi connectivity index (χ1n) is 3.80. The zero-order chi connectivity index (χ0) is 9.42. The number of rotatable bonds is 1. The molecule has 1 atom stereocenters. The number of benzene rings is 1. The van der Waals surface area contributed by atoms with Crippen molar-refractivity contribution in [2.75, 3.05) is 12.4 Å². The van der Waals surface area contributed by atoms with Crippen LogP contribution in [0.4, 0.5) is 5.69 Å². The fourth-order valence-corrected chi connectivity index (χ4v) is 2.13. The standard InChI is InChI=1S/C8H10N2O2S/c1-12-6-2-4-7(3-5(6)11)13-8(9)10-4/h2-3,8,10-11H,9H2,1H3. The van der Waals surface area contributed by atoms with Gasteiger partial charge in [0.05, 0.1) is 12.8 Å². The minimum absolute atomic E-state index is 0.137. The van der Waals surface area contributed by atoms with Crippen molar-refractivity contribution in [3.05, 3.63) is 12.1 Å². The van der Waals surface area contributed by atoms with Gasteiger partial charge < -0.3 is 20.9 Å². The maximum atomic E-state index is 9.45. The summed E-state index contributed by atoms with van der Waals surface area (Å²) in [4.78, 5) is 0.950. The lowest BCUT2D eigenvalue weighted by Gasteiger charge is -2.05. The van der Waals surface area contributed by atoms with Gasteiger partial charge >= 0.3 is 0 Å². The van der Waals surface area contributed by atoms with Crippen LogP contribution in [0.15, 0.2) is 17.0 Å². The molecule has 13 heavy (non-hydrogen) atoms. The summed E-state index contributed by atoms with van der Waals surface area (Å²) in [5, 5.41) is 12.5. The molecule has 5 heteroatoms. The molecule has 0 saturated carbocycles. The summed E-state index contributed by atoms with van der Waals surface area (Å²) in [5.41, 5.74) is 6.43. The van der Waals surface area contributed by atoms with Gasteiger partial charge in [0, 0.05) is 11.0 Å². The van der Waals surface area contributed by atoms with E-state index in [1.807, 2.05) is 0 Å². The summed E-state index contributed by atoms with van der Waals surface area (Å²) < 4.78 is 4.97. The van der Waals surface area contributed by atoms with Crippen LogP contribution in [-0.2, 0) is 0 Å². The molecule has 1 aromatic carbocycles. The summed E-state index contributed by atoms with van der Waals surface area (Å²) in [7, 11) is 1.52. The molecule has 0 radical (unpaired) electrons. The summed E-state index contributed by atoms with van der Waals surface area (Å²) >= 11 is 1.48. The number of methoxy groups -OCH3 is 1. The second kappa shape index (κ2) is 3.01. The van der Waals surface area contributed by atoms with E-state index in [-0.39, 0.29) is 11.2 Å². The molecule has 2 rings (SSSR count). The van der Waals surface area contributed by atoms with Crippen LogP contribution in [0.5, 0.6) is 11.5 Å². The van der Waals surface area contributed by atoms with Gasteiger partial charge in [-0.25, -0.2) is 0 Å². The van der Waals surface area contributed by atoms with Crippen molar-refractivity contribution < 1.29 is 9.84 Å². The third-order valence-electron chi connectivity index (χ3n) is 1.83. The van der Waals surface area contributed by atoms with Gasteiger partial charge in [0.1, 0.15) is 5.50 Å². The number of aromatic hydroxyl groups is 1. The maximum absolute atomic E-state index is 9.45. The van der Waals surface area contributed by atoms with Crippen molar-refractivity contribution in [3.63, 3.8) is 0 Å². The maximum Gasteiger partial charge on any atom is 0.162 e. The molecule has 70 valence electrons. The molecule has 0 saturated heterocycles. The van der Waals surface area contributed by atoms with Crippen LogP contribution in [0.25, 0.3) is 0 Å². The van der Waals surface area contributed by atoms with Crippen LogP contribution in [0.3, 0.4) is 0 Å². The highest BCUT2D eigenvalue weighted by Gasteiger charge is 2.20. The molecule has 1 aliphatic rings. The molecule has 0 spiro atoms. The Bertz CT molecular complexity index is 343. The van der Waals surface area contributed by atoms with Crippen molar-refractivity contribution in [3.8, 4) is 11.5 Å². The lowest BCUT2D eigenvalue weighted by Crippen LogP contribution is -2.20. The molecule has 4 N–H and O–H groups in total. The van der Waals surface area contributed by atoms with Crippen molar-refractivity contribution in [2.45, 2.75) is 10.4 Å². The van der Waals surface area contributed by atoms with E-state index in [1.165, 1.54) is 18.9 Å². The molecular formula is C8H10N2O2S. The second-order valence-electron chi connectivity index (χ2n) is 2.70. The molecule has 0 aromatic heterocycles. The van der Waals surface area contributed by atoms with E-state index < -0.39 is 0 Å².